The maximum absolute atomic E-state index is 6.28. The molecule has 0 saturated heterocycles. The van der Waals surface area contributed by atoms with Gasteiger partial charge in [-0.3, -0.25) is 4.57 Å². The van der Waals surface area contributed by atoms with E-state index in [1.54, 1.807) is 6.08 Å². The van der Waals surface area contributed by atoms with Crippen LogP contribution in [0.15, 0.2) is 54.2 Å². The number of thioether (sulfide) groups is 1. The van der Waals surface area contributed by atoms with Crippen molar-refractivity contribution in [3.63, 3.8) is 0 Å². The van der Waals surface area contributed by atoms with Crippen molar-refractivity contribution in [2.24, 2.45) is 0 Å². The van der Waals surface area contributed by atoms with E-state index in [9.17, 15) is 0 Å². The normalized spacial score (nSPS) is 12.0. The lowest BCUT2D eigenvalue weighted by atomic mass is 10.2. The summed E-state index contributed by atoms with van der Waals surface area (Å²) < 4.78 is 8.05. The van der Waals surface area contributed by atoms with Crippen LogP contribution in [0.25, 0.3) is 0 Å². The summed E-state index contributed by atoms with van der Waals surface area (Å²) in [5.74, 6) is 2.02. The predicted molar refractivity (Wildman–Crippen MR) is 121 cm³/mol. The lowest BCUT2D eigenvalue weighted by Crippen LogP contribution is -2.12. The van der Waals surface area contributed by atoms with Crippen LogP contribution in [0.3, 0.4) is 0 Å². The van der Waals surface area contributed by atoms with Crippen LogP contribution in [-0.2, 0) is 12.3 Å². The highest BCUT2D eigenvalue weighted by molar-refractivity contribution is 7.98. The van der Waals surface area contributed by atoms with Gasteiger partial charge < -0.3 is 4.74 Å². The Morgan fingerprint density at radius 3 is 2.52 bits per heavy atom. The van der Waals surface area contributed by atoms with Gasteiger partial charge in [0.15, 0.2) is 17.1 Å². The molecular formula is C21H20Cl3N3OS. The Labute approximate surface area is 189 Å². The van der Waals surface area contributed by atoms with Gasteiger partial charge in [-0.1, -0.05) is 58.7 Å². The summed E-state index contributed by atoms with van der Waals surface area (Å²) >= 11 is 20.2. The number of hydrogen-bond donors (Lipinski definition) is 0. The van der Waals surface area contributed by atoms with Gasteiger partial charge in [-0.15, -0.1) is 16.8 Å². The second-order valence-corrected chi connectivity index (χ2v) is 8.56. The molecule has 0 fully saturated rings. The summed E-state index contributed by atoms with van der Waals surface area (Å²) in [5, 5.41) is 11.4. The molecule has 1 heterocycles. The van der Waals surface area contributed by atoms with E-state index in [0.717, 1.165) is 22.0 Å². The molecule has 3 aromatic rings. The molecule has 1 unspecified atom stereocenters. The summed E-state index contributed by atoms with van der Waals surface area (Å²) in [5.41, 5.74) is 1.83. The number of allylic oxidation sites excluding steroid dienone is 1. The molecule has 0 bridgehead atoms. The molecule has 0 amide bonds. The number of aromatic nitrogens is 3. The predicted octanol–water partition coefficient (Wildman–Crippen LogP) is 7.17. The van der Waals surface area contributed by atoms with E-state index in [4.69, 9.17) is 39.5 Å². The summed E-state index contributed by atoms with van der Waals surface area (Å²) in [6.45, 7) is 8.29. The fourth-order valence-electron chi connectivity index (χ4n) is 2.76. The molecule has 0 aliphatic rings. The summed E-state index contributed by atoms with van der Waals surface area (Å²) in [6, 6.07) is 11.0. The number of halogens is 3. The smallest absolute Gasteiger partial charge is 0.191 e. The van der Waals surface area contributed by atoms with Crippen molar-refractivity contribution in [3.05, 3.63) is 81.1 Å². The zero-order chi connectivity index (χ0) is 21.0. The molecule has 0 spiro atoms. The maximum Gasteiger partial charge on any atom is 0.191 e. The van der Waals surface area contributed by atoms with Crippen molar-refractivity contribution in [2.75, 3.05) is 0 Å². The summed E-state index contributed by atoms with van der Waals surface area (Å²) in [4.78, 5) is 0. The summed E-state index contributed by atoms with van der Waals surface area (Å²) in [7, 11) is 0. The number of hydrogen-bond acceptors (Lipinski definition) is 4. The molecule has 8 heteroatoms. The lowest BCUT2D eigenvalue weighted by Gasteiger charge is -2.16. The van der Waals surface area contributed by atoms with Gasteiger partial charge in [0, 0.05) is 27.4 Å². The summed E-state index contributed by atoms with van der Waals surface area (Å²) in [6.07, 6.45) is 1.50. The van der Waals surface area contributed by atoms with Gasteiger partial charge in [0.2, 0.25) is 0 Å². The third-order valence-corrected chi connectivity index (χ3v) is 6.40. The van der Waals surface area contributed by atoms with Crippen molar-refractivity contribution in [3.8, 4) is 5.75 Å². The van der Waals surface area contributed by atoms with Gasteiger partial charge >= 0.3 is 0 Å². The highest BCUT2D eigenvalue weighted by Gasteiger charge is 2.20. The topological polar surface area (TPSA) is 39.9 Å². The number of rotatable bonds is 8. The van der Waals surface area contributed by atoms with Gasteiger partial charge in [0.25, 0.3) is 0 Å². The van der Waals surface area contributed by atoms with Crippen LogP contribution in [0, 0.1) is 6.92 Å². The number of nitrogens with zero attached hydrogens (tertiary/aromatic N) is 3. The van der Waals surface area contributed by atoms with Crippen LogP contribution in [0.5, 0.6) is 5.75 Å². The number of ether oxygens (including phenoxy) is 1. The molecule has 0 saturated carbocycles. The van der Waals surface area contributed by atoms with Crippen LogP contribution in [-0.4, -0.2) is 14.8 Å². The van der Waals surface area contributed by atoms with E-state index in [1.807, 2.05) is 54.8 Å². The molecule has 29 heavy (non-hydrogen) atoms. The highest BCUT2D eigenvalue weighted by Crippen LogP contribution is 2.32. The molecule has 1 aromatic heterocycles. The van der Waals surface area contributed by atoms with E-state index in [-0.39, 0.29) is 6.10 Å². The Morgan fingerprint density at radius 2 is 1.86 bits per heavy atom. The first-order chi connectivity index (χ1) is 13.9. The molecular weight excluding hydrogens is 449 g/mol. The van der Waals surface area contributed by atoms with Crippen LogP contribution in [0.2, 0.25) is 15.1 Å². The fourth-order valence-corrected chi connectivity index (χ4v) is 4.58. The Balaban J connectivity index is 1.80. The Hall–Kier alpha value is -1.66. The fraction of sp³-hybridized carbons (Fsp3) is 0.238. The SMILES string of the molecule is C=CCn1c(SCc2c(Cl)cccc2Cl)nnc1C(C)Oc1ccc(Cl)c(C)c1. The van der Waals surface area contributed by atoms with E-state index in [2.05, 4.69) is 16.8 Å². The van der Waals surface area contributed by atoms with Crippen LogP contribution < -0.4 is 4.74 Å². The Morgan fingerprint density at radius 1 is 1.14 bits per heavy atom. The monoisotopic (exact) mass is 467 g/mol. The van der Waals surface area contributed by atoms with Crippen molar-refractivity contribution in [1.82, 2.24) is 14.8 Å². The molecule has 1 atom stereocenters. The van der Waals surface area contributed by atoms with Gasteiger partial charge in [-0.05, 0) is 55.3 Å². The second kappa shape index (κ2) is 9.90. The number of aryl methyl sites for hydroxylation is 1. The molecule has 3 rings (SSSR count). The first-order valence-electron chi connectivity index (χ1n) is 8.93. The average Bonchev–Trinajstić information content (AvgIpc) is 3.07. The van der Waals surface area contributed by atoms with Gasteiger partial charge in [-0.25, -0.2) is 0 Å². The Kier molecular flexibility index (Phi) is 7.52. The molecule has 2 aromatic carbocycles. The van der Waals surface area contributed by atoms with E-state index in [0.29, 0.717) is 33.2 Å². The van der Waals surface area contributed by atoms with Gasteiger partial charge in [-0.2, -0.15) is 0 Å². The minimum Gasteiger partial charge on any atom is -0.483 e. The van der Waals surface area contributed by atoms with Crippen molar-refractivity contribution >= 4 is 46.6 Å². The second-order valence-electron chi connectivity index (χ2n) is 6.40. The van der Waals surface area contributed by atoms with Crippen LogP contribution >= 0.6 is 46.6 Å². The van der Waals surface area contributed by atoms with Gasteiger partial charge in [0.05, 0.1) is 0 Å². The number of benzene rings is 2. The standard InChI is InChI=1S/C21H20Cl3N3OS/c1-4-10-27-20(14(3)28-15-8-9-17(22)13(2)11-15)25-26-21(27)29-12-16-18(23)6-5-7-19(16)24/h4-9,11,14H,1,10,12H2,2-3H3. The van der Waals surface area contributed by atoms with Crippen molar-refractivity contribution in [1.29, 1.82) is 0 Å². The molecule has 152 valence electrons. The quantitative estimate of drug-likeness (QED) is 0.259. The van der Waals surface area contributed by atoms with E-state index in [1.165, 1.54) is 11.8 Å². The largest absolute Gasteiger partial charge is 0.483 e. The molecule has 0 N–H and O–H groups in total. The zero-order valence-electron chi connectivity index (χ0n) is 16.0. The third-order valence-electron chi connectivity index (χ3n) is 4.27. The van der Waals surface area contributed by atoms with E-state index < -0.39 is 0 Å². The van der Waals surface area contributed by atoms with Crippen molar-refractivity contribution in [2.45, 2.75) is 37.4 Å². The minimum absolute atomic E-state index is 0.304. The van der Waals surface area contributed by atoms with Gasteiger partial charge in [0.1, 0.15) is 5.75 Å². The molecule has 4 nitrogen and oxygen atoms in total. The van der Waals surface area contributed by atoms with Crippen LogP contribution in [0.1, 0.15) is 30.0 Å². The lowest BCUT2D eigenvalue weighted by molar-refractivity contribution is 0.210. The first-order valence-corrected chi connectivity index (χ1v) is 11.0. The molecule has 0 radical (unpaired) electrons. The minimum atomic E-state index is -0.304. The first kappa shape index (κ1) is 22.0. The average molecular weight is 469 g/mol. The highest BCUT2D eigenvalue weighted by atomic mass is 35.5. The molecule has 0 aliphatic heterocycles. The zero-order valence-corrected chi connectivity index (χ0v) is 19.1. The maximum atomic E-state index is 6.28. The Bertz CT molecular complexity index is 1000. The molecule has 0 aliphatic carbocycles. The third kappa shape index (κ3) is 5.28. The van der Waals surface area contributed by atoms with E-state index >= 15 is 0 Å². The van der Waals surface area contributed by atoms with Crippen molar-refractivity contribution < 1.29 is 4.74 Å². The van der Waals surface area contributed by atoms with Crippen LogP contribution in [0.4, 0.5) is 0 Å².